The Kier molecular flexibility index (Phi) is 1.90. The maximum absolute atomic E-state index is 11.6. The van der Waals surface area contributed by atoms with Crippen molar-refractivity contribution in [2.75, 3.05) is 0 Å². The molecule has 2 aromatic rings. The van der Waals surface area contributed by atoms with Crippen molar-refractivity contribution in [1.29, 1.82) is 0 Å². The Hall–Kier alpha value is -1.96. The lowest BCUT2D eigenvalue weighted by atomic mass is 9.94. The molecule has 16 heavy (non-hydrogen) atoms. The highest BCUT2D eigenvalue weighted by molar-refractivity contribution is 6.03. The molecular weight excluding hydrogens is 198 g/mol. The molecule has 78 valence electrons. The van der Waals surface area contributed by atoms with E-state index in [1.807, 2.05) is 37.3 Å². The fraction of sp³-hybridized carbons (Fsp3) is 0.143. The van der Waals surface area contributed by atoms with Crippen molar-refractivity contribution in [2.45, 2.75) is 13.3 Å². The molecule has 0 aliphatic heterocycles. The molecule has 0 bridgehead atoms. The molecule has 0 spiro atoms. The van der Waals surface area contributed by atoms with E-state index in [9.17, 15) is 4.79 Å². The van der Waals surface area contributed by atoms with Crippen LogP contribution in [0.1, 0.15) is 18.2 Å². The lowest BCUT2D eigenvalue weighted by molar-refractivity contribution is -0.114. The van der Waals surface area contributed by atoms with Crippen molar-refractivity contribution in [3.05, 3.63) is 47.2 Å². The van der Waals surface area contributed by atoms with Gasteiger partial charge in [0.1, 0.15) is 0 Å². The van der Waals surface area contributed by atoms with E-state index in [-0.39, 0.29) is 5.78 Å². The maximum atomic E-state index is 11.6. The summed E-state index contributed by atoms with van der Waals surface area (Å²) < 4.78 is 0. The first-order valence-corrected chi connectivity index (χ1v) is 5.34. The van der Waals surface area contributed by atoms with E-state index < -0.39 is 0 Å². The lowest BCUT2D eigenvalue weighted by Gasteiger charge is -2.13. The zero-order chi connectivity index (χ0) is 11.1. The Morgan fingerprint density at radius 3 is 2.94 bits per heavy atom. The Bertz CT molecular complexity index is 626. The highest BCUT2D eigenvalue weighted by atomic mass is 16.1. The summed E-state index contributed by atoms with van der Waals surface area (Å²) in [5.41, 5.74) is 3.76. The second kappa shape index (κ2) is 3.27. The van der Waals surface area contributed by atoms with E-state index in [0.717, 1.165) is 27.7 Å². The summed E-state index contributed by atoms with van der Waals surface area (Å²) >= 11 is 0. The average Bonchev–Trinajstić information content (AvgIpc) is 2.28. The standard InChI is InChI=1S/C14H11NO/c1-9-6-13-11(8-14(9)16)7-10-4-2-3-5-12(10)15-13/h2-7H,8H2,1H3. The predicted octanol–water partition coefficient (Wildman–Crippen LogP) is 2.76. The first-order valence-electron chi connectivity index (χ1n) is 5.34. The zero-order valence-corrected chi connectivity index (χ0v) is 9.03. The summed E-state index contributed by atoms with van der Waals surface area (Å²) in [6.07, 6.45) is 2.36. The van der Waals surface area contributed by atoms with Gasteiger partial charge in [-0.3, -0.25) is 4.79 Å². The molecule has 1 aromatic heterocycles. The molecule has 0 atom stereocenters. The number of Topliss-reactive ketones (excluding diaryl/α,β-unsaturated/α-hetero) is 1. The summed E-state index contributed by atoms with van der Waals surface area (Å²) in [4.78, 5) is 16.2. The van der Waals surface area contributed by atoms with Gasteiger partial charge < -0.3 is 0 Å². The molecule has 1 heterocycles. The van der Waals surface area contributed by atoms with Gasteiger partial charge in [-0.1, -0.05) is 18.2 Å². The number of pyridine rings is 1. The molecule has 0 saturated carbocycles. The average molecular weight is 209 g/mol. The summed E-state index contributed by atoms with van der Waals surface area (Å²) in [5.74, 6) is 0.199. The smallest absolute Gasteiger partial charge is 0.163 e. The number of carbonyl (C=O) groups is 1. The van der Waals surface area contributed by atoms with Gasteiger partial charge in [0.05, 0.1) is 11.2 Å². The third-order valence-corrected chi connectivity index (χ3v) is 2.98. The van der Waals surface area contributed by atoms with Gasteiger partial charge in [0.25, 0.3) is 0 Å². The molecule has 2 nitrogen and oxygen atoms in total. The van der Waals surface area contributed by atoms with E-state index in [4.69, 9.17) is 0 Å². The number of fused-ring (bicyclic) bond motifs is 2. The monoisotopic (exact) mass is 209 g/mol. The number of rotatable bonds is 0. The van der Waals surface area contributed by atoms with Crippen LogP contribution >= 0.6 is 0 Å². The van der Waals surface area contributed by atoms with Crippen molar-refractivity contribution in [2.24, 2.45) is 0 Å². The molecule has 1 aliphatic carbocycles. The predicted molar refractivity (Wildman–Crippen MR) is 64.1 cm³/mol. The van der Waals surface area contributed by atoms with Crippen LogP contribution in [0.15, 0.2) is 35.9 Å². The molecule has 1 aliphatic rings. The molecule has 0 fully saturated rings. The molecule has 0 amide bonds. The highest BCUT2D eigenvalue weighted by Crippen LogP contribution is 2.23. The minimum Gasteiger partial charge on any atom is -0.294 e. The topological polar surface area (TPSA) is 30.0 Å². The van der Waals surface area contributed by atoms with Crippen LogP contribution in [-0.2, 0) is 11.2 Å². The number of carbonyl (C=O) groups excluding carboxylic acids is 1. The normalized spacial score (nSPS) is 14.8. The second-order valence-electron chi connectivity index (χ2n) is 4.15. The van der Waals surface area contributed by atoms with E-state index in [1.54, 1.807) is 0 Å². The van der Waals surface area contributed by atoms with Crippen molar-refractivity contribution in [1.82, 2.24) is 4.98 Å². The van der Waals surface area contributed by atoms with Gasteiger partial charge in [0.2, 0.25) is 0 Å². The van der Waals surface area contributed by atoms with Gasteiger partial charge in [0, 0.05) is 11.8 Å². The summed E-state index contributed by atoms with van der Waals surface area (Å²) in [7, 11) is 0. The molecule has 1 aromatic carbocycles. The second-order valence-corrected chi connectivity index (χ2v) is 4.15. The van der Waals surface area contributed by atoms with E-state index >= 15 is 0 Å². The van der Waals surface area contributed by atoms with Gasteiger partial charge in [-0.05, 0) is 36.3 Å². The quantitative estimate of drug-likeness (QED) is 0.667. The van der Waals surface area contributed by atoms with Crippen LogP contribution in [0, 0.1) is 0 Å². The number of allylic oxidation sites excluding steroid dienone is 1. The van der Waals surface area contributed by atoms with Gasteiger partial charge in [-0.25, -0.2) is 4.98 Å². The van der Waals surface area contributed by atoms with Crippen LogP contribution in [0.2, 0.25) is 0 Å². The number of hydrogen-bond donors (Lipinski definition) is 0. The Labute approximate surface area is 93.6 Å². The molecule has 0 saturated heterocycles. The maximum Gasteiger partial charge on any atom is 0.163 e. The minimum absolute atomic E-state index is 0.199. The first-order chi connectivity index (χ1) is 7.74. The minimum atomic E-state index is 0.199. The largest absolute Gasteiger partial charge is 0.294 e. The van der Waals surface area contributed by atoms with Gasteiger partial charge in [0.15, 0.2) is 5.78 Å². The van der Waals surface area contributed by atoms with Gasteiger partial charge >= 0.3 is 0 Å². The number of benzene rings is 1. The lowest BCUT2D eigenvalue weighted by Crippen LogP contribution is -2.11. The number of nitrogens with zero attached hydrogens (tertiary/aromatic N) is 1. The number of ketones is 1. The molecule has 0 N–H and O–H groups in total. The SMILES string of the molecule is CC1=Cc2nc3ccccc3cc2CC1=O. The Balaban J connectivity index is 2.30. The molecule has 0 radical (unpaired) electrons. The molecule has 0 unspecified atom stereocenters. The van der Waals surface area contributed by atoms with Crippen LogP contribution in [-0.4, -0.2) is 10.8 Å². The van der Waals surface area contributed by atoms with Crippen molar-refractivity contribution >= 4 is 22.8 Å². The van der Waals surface area contributed by atoms with Crippen LogP contribution in [0.4, 0.5) is 0 Å². The van der Waals surface area contributed by atoms with Crippen molar-refractivity contribution < 1.29 is 4.79 Å². The molecular formula is C14H11NO. The summed E-state index contributed by atoms with van der Waals surface area (Å²) in [6, 6.07) is 10.1. The number of hydrogen-bond acceptors (Lipinski definition) is 2. The van der Waals surface area contributed by atoms with Crippen LogP contribution in [0.3, 0.4) is 0 Å². The molecule has 3 rings (SSSR count). The van der Waals surface area contributed by atoms with Gasteiger partial charge in [-0.15, -0.1) is 0 Å². The zero-order valence-electron chi connectivity index (χ0n) is 9.03. The van der Waals surface area contributed by atoms with Crippen LogP contribution in [0.5, 0.6) is 0 Å². The highest BCUT2D eigenvalue weighted by Gasteiger charge is 2.16. The molecule has 2 heteroatoms. The fourth-order valence-corrected chi connectivity index (χ4v) is 2.04. The summed E-state index contributed by atoms with van der Waals surface area (Å²) in [6.45, 7) is 1.85. The first kappa shape index (κ1) is 9.28. The van der Waals surface area contributed by atoms with E-state index in [2.05, 4.69) is 11.1 Å². The van der Waals surface area contributed by atoms with Crippen LogP contribution < -0.4 is 0 Å². The van der Waals surface area contributed by atoms with Crippen molar-refractivity contribution in [3.63, 3.8) is 0 Å². The van der Waals surface area contributed by atoms with Gasteiger partial charge in [-0.2, -0.15) is 0 Å². The third kappa shape index (κ3) is 1.34. The van der Waals surface area contributed by atoms with Crippen molar-refractivity contribution in [3.8, 4) is 0 Å². The van der Waals surface area contributed by atoms with Crippen LogP contribution in [0.25, 0.3) is 17.0 Å². The third-order valence-electron chi connectivity index (χ3n) is 2.98. The van der Waals surface area contributed by atoms with E-state index in [0.29, 0.717) is 6.42 Å². The Morgan fingerprint density at radius 1 is 1.25 bits per heavy atom. The summed E-state index contributed by atoms with van der Waals surface area (Å²) in [5, 5.41) is 1.10. The number of aromatic nitrogens is 1. The number of para-hydroxylation sites is 1. The Morgan fingerprint density at radius 2 is 2.06 bits per heavy atom. The fourth-order valence-electron chi connectivity index (χ4n) is 2.04. The van der Waals surface area contributed by atoms with E-state index in [1.165, 1.54) is 0 Å².